The molecular weight excluding hydrogens is 374 g/mol. The van der Waals surface area contributed by atoms with E-state index in [0.29, 0.717) is 13.0 Å². The first-order chi connectivity index (χ1) is 13.9. The van der Waals surface area contributed by atoms with Gasteiger partial charge in [-0.1, -0.05) is 38.0 Å². The fourth-order valence-electron chi connectivity index (χ4n) is 3.78. The monoisotopic (exact) mass is 401 g/mol. The van der Waals surface area contributed by atoms with Gasteiger partial charge in [-0.05, 0) is 37.8 Å². The summed E-state index contributed by atoms with van der Waals surface area (Å²) in [6.45, 7) is 3.29. The fourth-order valence-corrected chi connectivity index (χ4v) is 3.78. The second-order valence-electron chi connectivity index (χ2n) is 7.70. The maximum Gasteiger partial charge on any atom is 0.326 e. The van der Waals surface area contributed by atoms with E-state index in [1.54, 1.807) is 11.8 Å². The number of aryl methyl sites for hydroxylation is 1. The Hall–Kier alpha value is -2.90. The lowest BCUT2D eigenvalue weighted by Crippen LogP contribution is -2.44. The molecule has 0 unspecified atom stereocenters. The SMILES string of the molecule is CCCC[C@@]1(C)NC(=O)N(CC(=O)OCC(=O)N2CCCc3ccccc32)C1=O. The number of benzene rings is 1. The van der Waals surface area contributed by atoms with Gasteiger partial charge in [-0.3, -0.25) is 19.3 Å². The molecule has 3 rings (SSSR count). The van der Waals surface area contributed by atoms with Crippen LogP contribution >= 0.6 is 0 Å². The highest BCUT2D eigenvalue weighted by molar-refractivity contribution is 6.08. The van der Waals surface area contributed by atoms with Crippen LogP contribution in [-0.4, -0.2) is 54.0 Å². The standard InChI is InChI=1S/C21H27N3O5/c1-3-4-11-21(2)19(27)24(20(28)22-21)13-18(26)29-14-17(25)23-12-7-9-15-8-5-6-10-16(15)23/h5-6,8,10H,3-4,7,9,11-14H2,1-2H3,(H,22,28)/t21-/m1/s1. The van der Waals surface area contributed by atoms with Crippen LogP contribution in [0.15, 0.2) is 24.3 Å². The van der Waals surface area contributed by atoms with Gasteiger partial charge in [0.05, 0.1) is 0 Å². The molecule has 0 aliphatic carbocycles. The van der Waals surface area contributed by atoms with Gasteiger partial charge in [-0.25, -0.2) is 4.79 Å². The Bertz CT molecular complexity index is 824. The molecule has 8 heteroatoms. The summed E-state index contributed by atoms with van der Waals surface area (Å²) in [6.07, 6.45) is 3.93. The summed E-state index contributed by atoms with van der Waals surface area (Å²) < 4.78 is 5.08. The van der Waals surface area contributed by atoms with E-state index in [1.165, 1.54) is 0 Å². The third-order valence-corrected chi connectivity index (χ3v) is 5.43. The zero-order valence-corrected chi connectivity index (χ0v) is 16.9. The number of esters is 1. The van der Waals surface area contributed by atoms with Crippen LogP contribution in [0.4, 0.5) is 10.5 Å². The first-order valence-electron chi connectivity index (χ1n) is 10.0. The van der Waals surface area contributed by atoms with E-state index in [-0.39, 0.29) is 5.91 Å². The molecule has 0 radical (unpaired) electrons. The van der Waals surface area contributed by atoms with Crippen molar-refractivity contribution in [2.75, 3.05) is 24.6 Å². The van der Waals surface area contributed by atoms with E-state index in [1.807, 2.05) is 31.2 Å². The molecule has 8 nitrogen and oxygen atoms in total. The van der Waals surface area contributed by atoms with E-state index in [4.69, 9.17) is 4.74 Å². The van der Waals surface area contributed by atoms with E-state index >= 15 is 0 Å². The second-order valence-corrected chi connectivity index (χ2v) is 7.70. The number of anilines is 1. The number of ether oxygens (including phenoxy) is 1. The third-order valence-electron chi connectivity index (χ3n) is 5.43. The van der Waals surface area contributed by atoms with Crippen molar-refractivity contribution in [1.29, 1.82) is 0 Å². The van der Waals surface area contributed by atoms with Crippen LogP contribution in [0.1, 0.15) is 45.1 Å². The number of unbranched alkanes of at least 4 members (excludes halogenated alkanes) is 1. The van der Waals surface area contributed by atoms with Crippen LogP contribution in [-0.2, 0) is 25.5 Å². The number of hydrogen-bond acceptors (Lipinski definition) is 5. The molecule has 4 amide bonds. The van der Waals surface area contributed by atoms with Gasteiger partial charge in [-0.2, -0.15) is 0 Å². The van der Waals surface area contributed by atoms with E-state index < -0.39 is 36.6 Å². The maximum atomic E-state index is 12.6. The summed E-state index contributed by atoms with van der Waals surface area (Å²) in [4.78, 5) is 51.9. The maximum absolute atomic E-state index is 12.6. The predicted molar refractivity (Wildman–Crippen MR) is 106 cm³/mol. The molecule has 1 saturated heterocycles. The Morgan fingerprint density at radius 2 is 2.00 bits per heavy atom. The first kappa shape index (κ1) is 20.8. The summed E-state index contributed by atoms with van der Waals surface area (Å²) in [6, 6.07) is 7.04. The lowest BCUT2D eigenvalue weighted by Gasteiger charge is -2.29. The molecule has 1 atom stereocenters. The van der Waals surface area contributed by atoms with Crippen molar-refractivity contribution < 1.29 is 23.9 Å². The van der Waals surface area contributed by atoms with Crippen molar-refractivity contribution in [3.63, 3.8) is 0 Å². The van der Waals surface area contributed by atoms with Crippen LogP contribution in [0.3, 0.4) is 0 Å². The molecule has 1 aromatic rings. The minimum absolute atomic E-state index is 0.324. The van der Waals surface area contributed by atoms with Gasteiger partial charge in [0.25, 0.3) is 11.8 Å². The van der Waals surface area contributed by atoms with Crippen molar-refractivity contribution >= 4 is 29.5 Å². The predicted octanol–water partition coefficient (Wildman–Crippen LogP) is 2.01. The number of rotatable bonds is 7. The molecule has 2 aliphatic rings. The van der Waals surface area contributed by atoms with Gasteiger partial charge in [0, 0.05) is 12.2 Å². The number of carbonyl (C=O) groups is 4. The molecule has 2 aliphatic heterocycles. The fraction of sp³-hybridized carbons (Fsp3) is 0.524. The zero-order chi connectivity index (χ0) is 21.0. The average Bonchev–Trinajstić information content (AvgIpc) is 2.93. The topological polar surface area (TPSA) is 96.0 Å². The van der Waals surface area contributed by atoms with Gasteiger partial charge in [0.2, 0.25) is 0 Å². The third kappa shape index (κ3) is 4.41. The lowest BCUT2D eigenvalue weighted by atomic mass is 9.95. The zero-order valence-electron chi connectivity index (χ0n) is 16.9. The van der Waals surface area contributed by atoms with Gasteiger partial charge >= 0.3 is 12.0 Å². The molecule has 0 aromatic heterocycles. The Labute approximate surface area is 170 Å². The average molecular weight is 401 g/mol. The van der Waals surface area contributed by atoms with Crippen molar-refractivity contribution in [2.24, 2.45) is 0 Å². The van der Waals surface area contributed by atoms with Crippen LogP contribution < -0.4 is 10.2 Å². The highest BCUT2D eigenvalue weighted by atomic mass is 16.5. The Morgan fingerprint density at radius 3 is 2.76 bits per heavy atom. The summed E-state index contributed by atoms with van der Waals surface area (Å²) in [5.74, 6) is -1.55. The van der Waals surface area contributed by atoms with Crippen LogP contribution in [0.25, 0.3) is 0 Å². The molecule has 0 bridgehead atoms. The Balaban J connectivity index is 1.55. The second kappa shape index (κ2) is 8.63. The quantitative estimate of drug-likeness (QED) is 0.557. The van der Waals surface area contributed by atoms with Gasteiger partial charge < -0.3 is 15.0 Å². The molecular formula is C21H27N3O5. The highest BCUT2D eigenvalue weighted by Crippen LogP contribution is 2.27. The summed E-state index contributed by atoms with van der Waals surface area (Å²) in [5, 5.41) is 2.65. The largest absolute Gasteiger partial charge is 0.454 e. The minimum atomic E-state index is -0.999. The van der Waals surface area contributed by atoms with E-state index in [2.05, 4.69) is 5.32 Å². The van der Waals surface area contributed by atoms with Gasteiger partial charge in [-0.15, -0.1) is 0 Å². The molecule has 1 fully saturated rings. The number of carbonyl (C=O) groups excluding carboxylic acids is 4. The Kier molecular flexibility index (Phi) is 6.20. The molecule has 156 valence electrons. The normalized spacial score (nSPS) is 21.0. The number of imide groups is 1. The van der Waals surface area contributed by atoms with Gasteiger partial charge in [0.1, 0.15) is 12.1 Å². The van der Waals surface area contributed by atoms with Crippen LogP contribution in [0.5, 0.6) is 0 Å². The highest BCUT2D eigenvalue weighted by Gasteiger charge is 2.47. The summed E-state index contributed by atoms with van der Waals surface area (Å²) >= 11 is 0. The molecule has 29 heavy (non-hydrogen) atoms. The van der Waals surface area contributed by atoms with Crippen molar-refractivity contribution in [3.8, 4) is 0 Å². The minimum Gasteiger partial charge on any atom is -0.454 e. The number of urea groups is 1. The van der Waals surface area contributed by atoms with Crippen LogP contribution in [0.2, 0.25) is 0 Å². The molecule has 0 spiro atoms. The van der Waals surface area contributed by atoms with Crippen molar-refractivity contribution in [2.45, 2.75) is 51.5 Å². The molecule has 1 N–H and O–H groups in total. The molecule has 1 aromatic carbocycles. The van der Waals surface area contributed by atoms with Gasteiger partial charge in [0.15, 0.2) is 6.61 Å². The Morgan fingerprint density at radius 1 is 1.24 bits per heavy atom. The number of fused-ring (bicyclic) bond motifs is 1. The summed E-state index contributed by atoms with van der Waals surface area (Å²) in [7, 11) is 0. The molecule has 2 heterocycles. The van der Waals surface area contributed by atoms with Crippen LogP contribution in [0, 0.1) is 0 Å². The van der Waals surface area contributed by atoms with E-state index in [0.717, 1.165) is 41.8 Å². The van der Waals surface area contributed by atoms with E-state index in [9.17, 15) is 19.2 Å². The number of nitrogens with zero attached hydrogens (tertiary/aromatic N) is 2. The smallest absolute Gasteiger partial charge is 0.326 e. The molecule has 0 saturated carbocycles. The summed E-state index contributed by atoms with van der Waals surface area (Å²) in [5.41, 5.74) is 0.922. The lowest BCUT2D eigenvalue weighted by molar-refractivity contribution is -0.150. The number of hydrogen-bond donors (Lipinski definition) is 1. The number of para-hydroxylation sites is 1. The number of nitrogens with one attached hydrogen (secondary N) is 1. The number of amides is 4. The first-order valence-corrected chi connectivity index (χ1v) is 10.0. The van der Waals surface area contributed by atoms with Crippen molar-refractivity contribution in [3.05, 3.63) is 29.8 Å². The van der Waals surface area contributed by atoms with Crippen molar-refractivity contribution in [1.82, 2.24) is 10.2 Å².